The van der Waals surface area contributed by atoms with Crippen LogP contribution < -0.4 is 0 Å². The van der Waals surface area contributed by atoms with Crippen LogP contribution in [0.25, 0.3) is 0 Å². The summed E-state index contributed by atoms with van der Waals surface area (Å²) in [5.41, 5.74) is 0. The molecule has 0 spiro atoms. The fourth-order valence-corrected chi connectivity index (χ4v) is 9.51. The van der Waals surface area contributed by atoms with Gasteiger partial charge < -0.3 is 18.8 Å². The van der Waals surface area contributed by atoms with Gasteiger partial charge in [0.2, 0.25) is 0 Å². The predicted molar refractivity (Wildman–Crippen MR) is 70.2 cm³/mol. The van der Waals surface area contributed by atoms with Crippen molar-refractivity contribution in [2.24, 2.45) is 0 Å². The molecule has 0 heterocycles. The van der Waals surface area contributed by atoms with Gasteiger partial charge in [0.15, 0.2) is 8.32 Å². The standard InChI is InChI=1S/C10H26O4Si2/c1-6-7-16(13-2,9-10(12)8-11)14-15(3,4)5/h10-12H,6-9H2,1-5H3. The van der Waals surface area contributed by atoms with Gasteiger partial charge in [0.05, 0.1) is 12.7 Å². The summed E-state index contributed by atoms with van der Waals surface area (Å²) in [4.78, 5) is 0. The van der Waals surface area contributed by atoms with Crippen molar-refractivity contribution in [3.63, 3.8) is 0 Å². The Bertz CT molecular complexity index is 196. The minimum Gasteiger partial charge on any atom is -0.436 e. The van der Waals surface area contributed by atoms with Gasteiger partial charge >= 0.3 is 8.56 Å². The van der Waals surface area contributed by atoms with E-state index >= 15 is 0 Å². The molecule has 98 valence electrons. The van der Waals surface area contributed by atoms with Crippen molar-refractivity contribution in [3.8, 4) is 0 Å². The summed E-state index contributed by atoms with van der Waals surface area (Å²) in [6.07, 6.45) is 0.248. The molecular formula is C10H26O4Si2. The molecule has 0 aliphatic heterocycles. The fourth-order valence-electron chi connectivity index (χ4n) is 1.78. The largest absolute Gasteiger partial charge is 0.436 e. The average molecular weight is 266 g/mol. The molecule has 6 heteroatoms. The van der Waals surface area contributed by atoms with Crippen molar-refractivity contribution in [3.05, 3.63) is 0 Å². The van der Waals surface area contributed by atoms with Gasteiger partial charge in [0.1, 0.15) is 0 Å². The van der Waals surface area contributed by atoms with Gasteiger partial charge in [0, 0.05) is 13.2 Å². The van der Waals surface area contributed by atoms with Crippen LogP contribution in [0.2, 0.25) is 31.7 Å². The van der Waals surface area contributed by atoms with E-state index in [0.29, 0.717) is 6.04 Å². The number of rotatable bonds is 8. The van der Waals surface area contributed by atoms with E-state index in [1.807, 2.05) is 0 Å². The molecule has 0 radical (unpaired) electrons. The van der Waals surface area contributed by atoms with Gasteiger partial charge in [-0.1, -0.05) is 13.3 Å². The van der Waals surface area contributed by atoms with Crippen molar-refractivity contribution in [2.45, 2.75) is 51.2 Å². The van der Waals surface area contributed by atoms with Gasteiger partial charge in [0.25, 0.3) is 0 Å². The van der Waals surface area contributed by atoms with Gasteiger partial charge in [-0.05, 0) is 25.7 Å². The summed E-state index contributed by atoms with van der Waals surface area (Å²) in [5, 5.41) is 18.5. The van der Waals surface area contributed by atoms with Crippen LogP contribution in [0, 0.1) is 0 Å². The Balaban J connectivity index is 4.70. The second kappa shape index (κ2) is 6.88. The smallest absolute Gasteiger partial charge is 0.330 e. The van der Waals surface area contributed by atoms with Crippen LogP contribution in [-0.4, -0.2) is 46.9 Å². The summed E-state index contributed by atoms with van der Waals surface area (Å²) >= 11 is 0. The van der Waals surface area contributed by atoms with Gasteiger partial charge in [-0.3, -0.25) is 0 Å². The topological polar surface area (TPSA) is 58.9 Å². The molecule has 0 amide bonds. The van der Waals surface area contributed by atoms with Crippen LogP contribution in [0.15, 0.2) is 0 Å². The van der Waals surface area contributed by atoms with Crippen molar-refractivity contribution < 1.29 is 18.8 Å². The van der Waals surface area contributed by atoms with Crippen molar-refractivity contribution in [1.29, 1.82) is 0 Å². The van der Waals surface area contributed by atoms with Crippen LogP contribution in [-0.2, 0) is 8.54 Å². The van der Waals surface area contributed by atoms with Crippen LogP contribution in [0.3, 0.4) is 0 Å². The molecule has 0 fully saturated rings. The molecule has 16 heavy (non-hydrogen) atoms. The zero-order valence-electron chi connectivity index (χ0n) is 11.1. The van der Waals surface area contributed by atoms with E-state index in [0.717, 1.165) is 12.5 Å². The van der Waals surface area contributed by atoms with Gasteiger partial charge in [-0.25, -0.2) is 0 Å². The van der Waals surface area contributed by atoms with Crippen LogP contribution in [0.5, 0.6) is 0 Å². The highest BCUT2D eigenvalue weighted by Gasteiger charge is 2.41. The summed E-state index contributed by atoms with van der Waals surface area (Å²) in [6, 6.07) is 1.32. The van der Waals surface area contributed by atoms with Crippen molar-refractivity contribution >= 4 is 16.9 Å². The van der Waals surface area contributed by atoms with E-state index in [-0.39, 0.29) is 6.61 Å². The maximum Gasteiger partial charge on any atom is 0.330 e. The minimum atomic E-state index is -2.34. The molecule has 2 unspecified atom stereocenters. The van der Waals surface area contributed by atoms with Crippen molar-refractivity contribution in [1.82, 2.24) is 0 Å². The summed E-state index contributed by atoms with van der Waals surface area (Å²) in [6.45, 7) is 8.22. The maximum atomic E-state index is 9.59. The Morgan fingerprint density at radius 2 is 1.81 bits per heavy atom. The van der Waals surface area contributed by atoms with E-state index in [1.54, 1.807) is 7.11 Å². The minimum absolute atomic E-state index is 0.225. The third-order valence-electron chi connectivity index (χ3n) is 2.25. The molecule has 0 aromatic rings. The Labute approximate surface area is 101 Å². The van der Waals surface area contributed by atoms with E-state index in [1.165, 1.54) is 0 Å². The first kappa shape index (κ1) is 16.3. The van der Waals surface area contributed by atoms with E-state index in [2.05, 4.69) is 26.6 Å². The first-order valence-corrected chi connectivity index (χ1v) is 11.5. The lowest BCUT2D eigenvalue weighted by Gasteiger charge is -2.36. The van der Waals surface area contributed by atoms with Crippen LogP contribution in [0.4, 0.5) is 0 Å². The highest BCUT2D eigenvalue weighted by atomic mass is 28.4. The average Bonchev–Trinajstić information content (AvgIpc) is 2.15. The first-order valence-electron chi connectivity index (χ1n) is 5.83. The van der Waals surface area contributed by atoms with Gasteiger partial charge in [-0.15, -0.1) is 0 Å². The number of aliphatic hydroxyl groups is 2. The number of hydrogen-bond acceptors (Lipinski definition) is 4. The lowest BCUT2D eigenvalue weighted by molar-refractivity contribution is 0.0999. The zero-order chi connectivity index (χ0) is 12.8. The van der Waals surface area contributed by atoms with Crippen LogP contribution in [0.1, 0.15) is 13.3 Å². The lowest BCUT2D eigenvalue weighted by Crippen LogP contribution is -2.51. The van der Waals surface area contributed by atoms with Crippen molar-refractivity contribution in [2.75, 3.05) is 13.7 Å². The quantitative estimate of drug-likeness (QED) is 0.656. The molecule has 0 aliphatic carbocycles. The van der Waals surface area contributed by atoms with E-state index < -0.39 is 23.0 Å². The molecule has 2 N–H and O–H groups in total. The summed E-state index contributed by atoms with van der Waals surface area (Å²) < 4.78 is 11.8. The normalized spacial score (nSPS) is 18.2. The zero-order valence-corrected chi connectivity index (χ0v) is 13.1. The van der Waals surface area contributed by atoms with E-state index in [4.69, 9.17) is 13.6 Å². The third kappa shape index (κ3) is 6.12. The lowest BCUT2D eigenvalue weighted by atomic mass is 10.4. The Kier molecular flexibility index (Phi) is 6.99. The van der Waals surface area contributed by atoms with Crippen LogP contribution >= 0.6 is 0 Å². The molecule has 0 aromatic heterocycles. The fraction of sp³-hybridized carbons (Fsp3) is 1.00. The molecular weight excluding hydrogens is 240 g/mol. The molecule has 2 atom stereocenters. The van der Waals surface area contributed by atoms with Gasteiger partial charge in [-0.2, -0.15) is 0 Å². The molecule has 0 aliphatic rings. The molecule has 0 rings (SSSR count). The first-order chi connectivity index (χ1) is 7.28. The monoisotopic (exact) mass is 266 g/mol. The highest BCUT2D eigenvalue weighted by molar-refractivity contribution is 6.82. The Morgan fingerprint density at radius 3 is 2.12 bits per heavy atom. The molecule has 0 saturated heterocycles. The molecule has 0 bridgehead atoms. The number of aliphatic hydroxyl groups excluding tert-OH is 2. The second-order valence-electron chi connectivity index (χ2n) is 5.12. The highest BCUT2D eigenvalue weighted by Crippen LogP contribution is 2.26. The summed E-state index contributed by atoms with van der Waals surface area (Å²) in [7, 11) is -2.36. The second-order valence-corrected chi connectivity index (χ2v) is 13.3. The van der Waals surface area contributed by atoms with E-state index in [9.17, 15) is 5.11 Å². The SMILES string of the molecule is CCC[Si](CC(O)CO)(OC)O[Si](C)(C)C. The summed E-state index contributed by atoms with van der Waals surface area (Å²) in [5.74, 6) is 0. The maximum absolute atomic E-state index is 9.59. The third-order valence-corrected chi connectivity index (χ3v) is 9.29. The molecule has 4 nitrogen and oxygen atoms in total. The number of hydrogen-bond donors (Lipinski definition) is 2. The Morgan fingerprint density at radius 1 is 1.25 bits per heavy atom. The molecule has 0 saturated carbocycles. The predicted octanol–water partition coefficient (Wildman–Crippen LogP) is 1.69. The Hall–Kier alpha value is 0.274. The molecule has 0 aromatic carbocycles.